The number of rotatable bonds is 0. The minimum atomic E-state index is 0. The molecule has 0 radical (unpaired) electrons. The first-order valence-electron chi connectivity index (χ1n) is 0. The Kier molecular flexibility index (Phi) is 386. The summed E-state index contributed by atoms with van der Waals surface area (Å²) in [5.74, 6) is 0. The van der Waals surface area contributed by atoms with Gasteiger partial charge in [-0.2, -0.15) is 0 Å². The third-order valence-electron chi connectivity index (χ3n) is 0. The molecule has 0 aromatic heterocycles. The maximum absolute atomic E-state index is 0. The topological polar surface area (TPSA) is 0 Å². The molecule has 0 nitrogen and oxygen atoms in total. The molecule has 0 unspecified atom stereocenters. The zero-order chi connectivity index (χ0) is 0. The number of hydrogen-bond donors (Lipinski definition) is 0. The maximum Gasteiger partial charge on any atom is 0 e. The van der Waals surface area contributed by atoms with Gasteiger partial charge in [-0.05, 0) is 0 Å². The molecule has 0 aliphatic carbocycles. The molecule has 0 spiro atoms. The second kappa shape index (κ2) is 34.2. The van der Waals surface area contributed by atoms with Crippen LogP contribution in [-0.2, 0) is 78.0 Å². The molecule has 0 bridgehead atoms. The molecule has 0 saturated heterocycles. The van der Waals surface area contributed by atoms with Crippen molar-refractivity contribution in [2.75, 3.05) is 0 Å². The first kappa shape index (κ1) is 56.4. The van der Waals surface area contributed by atoms with Crippen LogP contribution in [0.5, 0.6) is 0 Å². The van der Waals surface area contributed by atoms with Gasteiger partial charge in [0.25, 0.3) is 0 Å². The van der Waals surface area contributed by atoms with Crippen LogP contribution in [0.2, 0.25) is 0 Å². The molecule has 0 fully saturated rings. The van der Waals surface area contributed by atoms with Gasteiger partial charge in [-0.1, -0.05) is 0 Å². The van der Waals surface area contributed by atoms with Gasteiger partial charge in [0.2, 0.25) is 0 Å². The molecule has 0 amide bonds. The fourth-order valence-electron chi connectivity index (χ4n) is 0. The molecule has 5 heavy (non-hydrogen) atoms. The fourth-order valence-corrected chi connectivity index (χ4v) is 0. The molecular formula is NiS3W-6. The average molecular weight is 339 g/mol. The van der Waals surface area contributed by atoms with E-state index in [9.17, 15) is 0 Å². The second-order valence-corrected chi connectivity index (χ2v) is 0. The van der Waals surface area contributed by atoms with Crippen LogP contribution in [0.1, 0.15) is 0 Å². The van der Waals surface area contributed by atoms with E-state index in [0.29, 0.717) is 0 Å². The van der Waals surface area contributed by atoms with Crippen molar-refractivity contribution in [1.29, 1.82) is 0 Å². The van der Waals surface area contributed by atoms with Gasteiger partial charge in [-0.25, -0.2) is 0 Å². The number of hydrogen-bond acceptors (Lipinski definition) is 0. The summed E-state index contributed by atoms with van der Waals surface area (Å²) in [6, 6.07) is 0. The Morgan fingerprint density at radius 1 is 0.600 bits per heavy atom. The predicted octanol–water partition coefficient (Wildman–Crippen LogP) is -0.0122. The summed E-state index contributed by atoms with van der Waals surface area (Å²) >= 11 is 0. The van der Waals surface area contributed by atoms with Crippen molar-refractivity contribution in [2.24, 2.45) is 0 Å². The van der Waals surface area contributed by atoms with Crippen LogP contribution in [0.15, 0.2) is 0 Å². The van der Waals surface area contributed by atoms with E-state index >= 15 is 0 Å². The van der Waals surface area contributed by atoms with E-state index in [2.05, 4.69) is 0 Å². The standard InChI is InChI=1S/Ni.3S.W/q;3*-2;. The van der Waals surface area contributed by atoms with Crippen molar-refractivity contribution < 1.29 is 37.6 Å². The van der Waals surface area contributed by atoms with E-state index in [0.717, 1.165) is 0 Å². The Bertz CT molecular complexity index is 6.85. The second-order valence-electron chi connectivity index (χ2n) is 0. The fraction of sp³-hybridized carbons (Fsp3) is 0. The molecule has 40 valence electrons. The van der Waals surface area contributed by atoms with Gasteiger partial charge >= 0.3 is 0 Å². The maximum atomic E-state index is 0. The van der Waals surface area contributed by atoms with E-state index in [1.165, 1.54) is 0 Å². The normalized spacial score (nSPS) is 0. The van der Waals surface area contributed by atoms with Crippen molar-refractivity contribution in [3.05, 3.63) is 0 Å². The molecule has 0 aliphatic rings. The molecule has 0 aliphatic heterocycles. The van der Waals surface area contributed by atoms with E-state index in [1.807, 2.05) is 0 Å². The van der Waals surface area contributed by atoms with Crippen molar-refractivity contribution in [3.8, 4) is 0 Å². The molecule has 0 aromatic carbocycles. The van der Waals surface area contributed by atoms with Gasteiger partial charge in [0.1, 0.15) is 0 Å². The van der Waals surface area contributed by atoms with Gasteiger partial charge in [0.05, 0.1) is 0 Å². The van der Waals surface area contributed by atoms with Gasteiger partial charge in [-0.15, -0.1) is 0 Å². The third-order valence-corrected chi connectivity index (χ3v) is 0. The molecule has 0 atom stereocenters. The molecular weight excluding hydrogens is 339 g/mol. The Labute approximate surface area is 77.4 Å². The minimum Gasteiger partial charge on any atom is -2.00 e. The van der Waals surface area contributed by atoms with E-state index in [1.54, 1.807) is 0 Å². The van der Waals surface area contributed by atoms with Gasteiger partial charge in [0, 0.05) is 37.6 Å². The van der Waals surface area contributed by atoms with Crippen LogP contribution >= 0.6 is 0 Å². The van der Waals surface area contributed by atoms with E-state index < -0.39 is 0 Å². The minimum absolute atomic E-state index is 0. The third kappa shape index (κ3) is 22.4. The average Bonchev–Trinajstić information content (AvgIpc) is 0. The predicted molar refractivity (Wildman–Crippen MR) is 22.1 cm³/mol. The van der Waals surface area contributed by atoms with Gasteiger partial charge in [0.15, 0.2) is 0 Å². The Morgan fingerprint density at radius 2 is 0.600 bits per heavy atom. The van der Waals surface area contributed by atoms with Crippen molar-refractivity contribution in [1.82, 2.24) is 0 Å². The molecule has 0 saturated carbocycles. The summed E-state index contributed by atoms with van der Waals surface area (Å²) in [4.78, 5) is 0. The quantitative estimate of drug-likeness (QED) is 0.545. The first-order chi connectivity index (χ1) is 0. The molecule has 0 aromatic rings. The van der Waals surface area contributed by atoms with Crippen LogP contribution in [-0.4, -0.2) is 0 Å². The molecule has 0 N–H and O–H groups in total. The Balaban J connectivity index is 0. The van der Waals surface area contributed by atoms with Crippen LogP contribution in [0.3, 0.4) is 0 Å². The summed E-state index contributed by atoms with van der Waals surface area (Å²) in [6.45, 7) is 0. The van der Waals surface area contributed by atoms with Crippen molar-refractivity contribution in [2.45, 2.75) is 0 Å². The summed E-state index contributed by atoms with van der Waals surface area (Å²) in [7, 11) is 0. The summed E-state index contributed by atoms with van der Waals surface area (Å²) < 4.78 is 0. The summed E-state index contributed by atoms with van der Waals surface area (Å²) in [5, 5.41) is 0. The van der Waals surface area contributed by atoms with Crippen LogP contribution in [0.25, 0.3) is 0 Å². The van der Waals surface area contributed by atoms with Gasteiger partial charge in [-0.3, -0.25) is 0 Å². The summed E-state index contributed by atoms with van der Waals surface area (Å²) in [5.41, 5.74) is 0. The molecule has 0 rings (SSSR count). The van der Waals surface area contributed by atoms with Crippen LogP contribution < -0.4 is 0 Å². The Hall–Kier alpha value is 2.23. The zero-order valence-electron chi connectivity index (χ0n) is 1.95. The largest absolute Gasteiger partial charge is 2.00 e. The molecule has 5 heteroatoms. The van der Waals surface area contributed by atoms with Crippen LogP contribution in [0.4, 0.5) is 0 Å². The first-order valence-corrected chi connectivity index (χ1v) is 0. The van der Waals surface area contributed by atoms with Crippen molar-refractivity contribution in [3.63, 3.8) is 0 Å². The van der Waals surface area contributed by atoms with E-state index in [-0.39, 0.29) is 78.0 Å². The Morgan fingerprint density at radius 3 is 0.600 bits per heavy atom. The smallest absolute Gasteiger partial charge is 0 e. The monoisotopic (exact) mass is 338 g/mol. The SMILES string of the molecule is [Ni].[S-2].[S-2].[S-2].[W]. The van der Waals surface area contributed by atoms with Crippen molar-refractivity contribution >= 4 is 40.5 Å². The summed E-state index contributed by atoms with van der Waals surface area (Å²) in [6.07, 6.45) is 0. The van der Waals surface area contributed by atoms with Gasteiger partial charge < -0.3 is 40.5 Å². The van der Waals surface area contributed by atoms with Crippen LogP contribution in [0, 0.1) is 0 Å². The zero-order valence-corrected chi connectivity index (χ0v) is 8.32. The molecule has 0 heterocycles. The van der Waals surface area contributed by atoms with E-state index in [4.69, 9.17) is 0 Å².